The van der Waals surface area contributed by atoms with Gasteiger partial charge in [-0.15, -0.1) is 0 Å². The molecule has 110 valence electrons. The zero-order valence-corrected chi connectivity index (χ0v) is 11.6. The number of hydrogen-bond acceptors (Lipinski definition) is 5. The van der Waals surface area contributed by atoms with E-state index in [0.717, 1.165) is 12.8 Å². The molecule has 1 aromatic heterocycles. The van der Waals surface area contributed by atoms with E-state index >= 15 is 0 Å². The average molecular weight is 281 g/mol. The molecule has 0 fully saturated rings. The predicted molar refractivity (Wildman–Crippen MR) is 74.6 cm³/mol. The van der Waals surface area contributed by atoms with Crippen LogP contribution in [-0.4, -0.2) is 27.0 Å². The van der Waals surface area contributed by atoms with E-state index in [2.05, 4.69) is 10.3 Å². The minimum atomic E-state index is -0.775. The molecule has 7 nitrogen and oxygen atoms in total. The third-order valence-electron chi connectivity index (χ3n) is 3.05. The average Bonchev–Trinajstić information content (AvgIpc) is 2.39. The van der Waals surface area contributed by atoms with Gasteiger partial charge in [-0.2, -0.15) is 0 Å². The first kappa shape index (κ1) is 15.9. The Morgan fingerprint density at radius 1 is 1.45 bits per heavy atom. The Bertz CT molecular complexity index is 461. The van der Waals surface area contributed by atoms with Gasteiger partial charge < -0.3 is 10.4 Å². The molecule has 0 amide bonds. The second kappa shape index (κ2) is 7.42. The molecule has 0 aliphatic carbocycles. The molecule has 0 aliphatic heterocycles. The van der Waals surface area contributed by atoms with E-state index in [1.165, 1.54) is 12.3 Å². The first-order chi connectivity index (χ1) is 9.40. The van der Waals surface area contributed by atoms with E-state index in [9.17, 15) is 14.9 Å². The molecule has 2 atom stereocenters. The van der Waals surface area contributed by atoms with Crippen molar-refractivity contribution < 1.29 is 14.8 Å². The summed E-state index contributed by atoms with van der Waals surface area (Å²) in [5.74, 6) is -0.531. The van der Waals surface area contributed by atoms with Gasteiger partial charge in [0.15, 0.2) is 0 Å². The van der Waals surface area contributed by atoms with Crippen LogP contribution in [0.3, 0.4) is 0 Å². The lowest BCUT2D eigenvalue weighted by Gasteiger charge is -2.14. The van der Waals surface area contributed by atoms with Gasteiger partial charge in [0.1, 0.15) is 12.0 Å². The van der Waals surface area contributed by atoms with Crippen molar-refractivity contribution in [1.29, 1.82) is 0 Å². The van der Waals surface area contributed by atoms with Crippen molar-refractivity contribution in [2.24, 2.45) is 5.92 Å². The molecule has 20 heavy (non-hydrogen) atoms. The Morgan fingerprint density at radius 2 is 2.15 bits per heavy atom. The van der Waals surface area contributed by atoms with E-state index in [4.69, 9.17) is 5.11 Å². The summed E-state index contributed by atoms with van der Waals surface area (Å²) < 4.78 is 0. The van der Waals surface area contributed by atoms with Gasteiger partial charge in [0.05, 0.1) is 10.8 Å². The number of carbonyl (C=O) groups is 1. The molecule has 0 bridgehead atoms. The number of aromatic nitrogens is 1. The Kier molecular flexibility index (Phi) is 5.89. The first-order valence-corrected chi connectivity index (χ1v) is 6.50. The maximum atomic E-state index is 10.7. The second-order valence-electron chi connectivity index (χ2n) is 4.87. The van der Waals surface area contributed by atoms with Crippen molar-refractivity contribution in [3.8, 4) is 0 Å². The van der Waals surface area contributed by atoms with Crippen LogP contribution >= 0.6 is 0 Å². The van der Waals surface area contributed by atoms with Gasteiger partial charge in [-0.05, 0) is 25.8 Å². The summed E-state index contributed by atoms with van der Waals surface area (Å²) in [6.45, 7) is 3.66. The van der Waals surface area contributed by atoms with Gasteiger partial charge in [-0.1, -0.05) is 13.3 Å². The standard InChI is InChI=1S/C13H19N3O4/c1-9(13(17)18)4-3-5-10(2)15-12-7-6-11(8-14-12)16(19)20/h6-10H,3-5H2,1-2H3,(H,14,15)(H,17,18). The Morgan fingerprint density at radius 3 is 2.65 bits per heavy atom. The summed E-state index contributed by atoms with van der Waals surface area (Å²) >= 11 is 0. The smallest absolute Gasteiger partial charge is 0.306 e. The quantitative estimate of drug-likeness (QED) is 0.560. The second-order valence-corrected chi connectivity index (χ2v) is 4.87. The molecule has 0 spiro atoms. The largest absolute Gasteiger partial charge is 0.481 e. The van der Waals surface area contributed by atoms with Crippen LogP contribution in [0, 0.1) is 16.0 Å². The zero-order valence-electron chi connectivity index (χ0n) is 11.6. The van der Waals surface area contributed by atoms with Crippen LogP contribution in [0.4, 0.5) is 11.5 Å². The number of aliphatic carboxylic acids is 1. The van der Waals surface area contributed by atoms with E-state index in [-0.39, 0.29) is 17.6 Å². The summed E-state index contributed by atoms with van der Waals surface area (Å²) in [4.78, 5) is 24.6. The maximum absolute atomic E-state index is 10.7. The molecule has 1 rings (SSSR count). The molecule has 7 heteroatoms. The van der Waals surface area contributed by atoms with Crippen LogP contribution in [0.15, 0.2) is 18.3 Å². The van der Waals surface area contributed by atoms with Crippen LogP contribution in [0.2, 0.25) is 0 Å². The molecule has 0 radical (unpaired) electrons. The fraction of sp³-hybridized carbons (Fsp3) is 0.538. The highest BCUT2D eigenvalue weighted by atomic mass is 16.6. The van der Waals surface area contributed by atoms with Gasteiger partial charge in [0.2, 0.25) is 0 Å². The first-order valence-electron chi connectivity index (χ1n) is 6.50. The summed E-state index contributed by atoms with van der Waals surface area (Å²) in [5.41, 5.74) is -0.0431. The highest BCUT2D eigenvalue weighted by molar-refractivity contribution is 5.69. The van der Waals surface area contributed by atoms with E-state index < -0.39 is 10.9 Å². The summed E-state index contributed by atoms with van der Waals surface area (Å²) in [7, 11) is 0. The van der Waals surface area contributed by atoms with Crippen LogP contribution < -0.4 is 5.32 Å². The Hall–Kier alpha value is -2.18. The molecule has 1 aromatic rings. The summed E-state index contributed by atoms with van der Waals surface area (Å²) in [6.07, 6.45) is 3.46. The predicted octanol–water partition coefficient (Wildman–Crippen LogP) is 2.68. The maximum Gasteiger partial charge on any atom is 0.306 e. The van der Waals surface area contributed by atoms with E-state index in [1.54, 1.807) is 13.0 Å². The topological polar surface area (TPSA) is 105 Å². The monoisotopic (exact) mass is 281 g/mol. The van der Waals surface area contributed by atoms with E-state index in [1.807, 2.05) is 6.92 Å². The van der Waals surface area contributed by atoms with Gasteiger partial charge in [0.25, 0.3) is 5.69 Å². The number of nitrogens with one attached hydrogen (secondary N) is 1. The third kappa shape index (κ3) is 5.21. The van der Waals surface area contributed by atoms with Crippen molar-refractivity contribution >= 4 is 17.5 Å². The minimum absolute atomic E-state index is 0.0431. The number of carboxylic acid groups (broad SMARTS) is 1. The summed E-state index contributed by atoms with van der Waals surface area (Å²) in [5, 5.41) is 22.4. The molecule has 0 aliphatic rings. The highest BCUT2D eigenvalue weighted by Crippen LogP contribution is 2.15. The molecule has 2 N–H and O–H groups in total. The number of nitro groups is 1. The molecule has 0 saturated carbocycles. The van der Waals surface area contributed by atoms with Gasteiger partial charge in [-0.3, -0.25) is 14.9 Å². The minimum Gasteiger partial charge on any atom is -0.481 e. The Balaban J connectivity index is 2.36. The van der Waals surface area contributed by atoms with Crippen LogP contribution in [0.25, 0.3) is 0 Å². The fourth-order valence-corrected chi connectivity index (χ4v) is 1.76. The van der Waals surface area contributed by atoms with Gasteiger partial charge in [0, 0.05) is 12.1 Å². The highest BCUT2D eigenvalue weighted by Gasteiger charge is 2.12. The third-order valence-corrected chi connectivity index (χ3v) is 3.05. The van der Waals surface area contributed by atoms with Crippen molar-refractivity contribution in [1.82, 2.24) is 4.98 Å². The Labute approximate surface area is 117 Å². The van der Waals surface area contributed by atoms with Crippen molar-refractivity contribution in [3.63, 3.8) is 0 Å². The number of hydrogen-bond donors (Lipinski definition) is 2. The molecule has 1 heterocycles. The van der Waals surface area contributed by atoms with Crippen LogP contribution in [-0.2, 0) is 4.79 Å². The number of pyridine rings is 1. The van der Waals surface area contributed by atoms with Crippen LogP contribution in [0.1, 0.15) is 33.1 Å². The molecule has 0 aromatic carbocycles. The van der Waals surface area contributed by atoms with Crippen LogP contribution in [0.5, 0.6) is 0 Å². The normalized spacial score (nSPS) is 13.5. The van der Waals surface area contributed by atoms with Crippen molar-refractivity contribution in [2.75, 3.05) is 5.32 Å². The lowest BCUT2D eigenvalue weighted by Crippen LogP contribution is -2.17. The summed E-state index contributed by atoms with van der Waals surface area (Å²) in [6, 6.07) is 3.09. The molecule has 2 unspecified atom stereocenters. The number of rotatable bonds is 8. The lowest BCUT2D eigenvalue weighted by atomic mass is 10.0. The molecule has 0 saturated heterocycles. The van der Waals surface area contributed by atoms with Crippen molar-refractivity contribution in [3.05, 3.63) is 28.4 Å². The van der Waals surface area contributed by atoms with Gasteiger partial charge in [-0.25, -0.2) is 4.98 Å². The molecular formula is C13H19N3O4. The number of nitrogens with zero attached hydrogens (tertiary/aromatic N) is 2. The number of carboxylic acids is 1. The molecular weight excluding hydrogens is 262 g/mol. The fourth-order valence-electron chi connectivity index (χ4n) is 1.76. The van der Waals surface area contributed by atoms with Crippen molar-refractivity contribution in [2.45, 2.75) is 39.2 Å². The lowest BCUT2D eigenvalue weighted by molar-refractivity contribution is -0.385. The zero-order chi connectivity index (χ0) is 15.1. The van der Waals surface area contributed by atoms with E-state index in [0.29, 0.717) is 12.2 Å². The number of anilines is 1. The SMILES string of the molecule is CC(CCCC(C)C(=O)O)Nc1ccc([N+](=O)[O-])cn1. The van der Waals surface area contributed by atoms with Gasteiger partial charge >= 0.3 is 5.97 Å².